The van der Waals surface area contributed by atoms with Gasteiger partial charge in [0.15, 0.2) is 5.54 Å². The van der Waals surface area contributed by atoms with E-state index in [1.165, 1.54) is 20.0 Å². The fourth-order valence-corrected chi connectivity index (χ4v) is 3.32. The summed E-state index contributed by atoms with van der Waals surface area (Å²) in [6.07, 6.45) is 2.34. The van der Waals surface area contributed by atoms with Crippen LogP contribution < -0.4 is 5.32 Å². The van der Waals surface area contributed by atoms with Crippen LogP contribution in [0.3, 0.4) is 0 Å². The number of ether oxygens (including phenoxy) is 1. The van der Waals surface area contributed by atoms with Gasteiger partial charge in [0, 0.05) is 5.75 Å². The summed E-state index contributed by atoms with van der Waals surface area (Å²) in [5.74, 6) is 1.51. The summed E-state index contributed by atoms with van der Waals surface area (Å²) < 4.78 is 5.00. The molecule has 0 amide bonds. The third kappa shape index (κ3) is 3.98. The molecular weight excluding hydrogens is 258 g/mol. The topological polar surface area (TPSA) is 38.3 Å². The largest absolute Gasteiger partial charge is 0.467 e. The number of nitrogens with one attached hydrogen (secondary N) is 1. The first kappa shape index (κ1) is 16.1. The second-order valence-electron chi connectivity index (χ2n) is 4.42. The van der Waals surface area contributed by atoms with Crippen molar-refractivity contribution in [3.05, 3.63) is 35.9 Å². The normalized spacial score (nSPS) is 13.8. The van der Waals surface area contributed by atoms with Gasteiger partial charge in [0.25, 0.3) is 0 Å². The molecule has 1 N–H and O–H groups in total. The molecule has 1 aromatic rings. The Bertz CT molecular complexity index is 383. The molecule has 0 heterocycles. The quantitative estimate of drug-likeness (QED) is 0.587. The molecule has 0 bridgehead atoms. The summed E-state index contributed by atoms with van der Waals surface area (Å²) in [6.45, 7) is 2.17. The minimum atomic E-state index is -0.756. The highest BCUT2D eigenvalue weighted by molar-refractivity contribution is 7.99. The number of hydrogen-bond donors (Lipinski definition) is 1. The number of unbranched alkanes of at least 4 members (excludes halogenated alkanes) is 1. The van der Waals surface area contributed by atoms with E-state index in [2.05, 4.69) is 12.2 Å². The summed E-state index contributed by atoms with van der Waals surface area (Å²) >= 11 is 1.78. The number of thioether (sulfide) groups is 1. The van der Waals surface area contributed by atoms with Crippen LogP contribution in [0.1, 0.15) is 25.3 Å². The Labute approximate surface area is 120 Å². The molecule has 0 aromatic heterocycles. The van der Waals surface area contributed by atoms with Gasteiger partial charge < -0.3 is 10.1 Å². The Hall–Kier alpha value is -1.00. The molecule has 0 aliphatic rings. The average molecular weight is 281 g/mol. The van der Waals surface area contributed by atoms with Crippen LogP contribution in [-0.4, -0.2) is 31.6 Å². The van der Waals surface area contributed by atoms with E-state index >= 15 is 0 Å². The summed E-state index contributed by atoms with van der Waals surface area (Å²) in [5.41, 5.74) is 0.197. The Balaban J connectivity index is 2.92. The van der Waals surface area contributed by atoms with Gasteiger partial charge >= 0.3 is 5.97 Å². The first-order chi connectivity index (χ1) is 9.21. The zero-order valence-corrected chi connectivity index (χ0v) is 12.8. The van der Waals surface area contributed by atoms with Crippen LogP contribution in [0.15, 0.2) is 30.3 Å². The Morgan fingerprint density at radius 3 is 2.58 bits per heavy atom. The predicted octanol–water partition coefficient (Wildman–Crippen LogP) is 2.81. The van der Waals surface area contributed by atoms with E-state index < -0.39 is 5.54 Å². The number of hydrogen-bond acceptors (Lipinski definition) is 4. The van der Waals surface area contributed by atoms with E-state index in [1.54, 1.807) is 11.8 Å². The zero-order valence-electron chi connectivity index (χ0n) is 11.9. The Morgan fingerprint density at radius 2 is 2.05 bits per heavy atom. The molecule has 0 aliphatic heterocycles. The maximum absolute atomic E-state index is 12.2. The molecule has 4 heteroatoms. The number of carbonyl (C=O) groups is 1. The number of benzene rings is 1. The number of esters is 1. The highest BCUT2D eigenvalue weighted by atomic mass is 32.2. The highest BCUT2D eigenvalue weighted by Gasteiger charge is 2.39. The lowest BCUT2D eigenvalue weighted by molar-refractivity contribution is -0.147. The summed E-state index contributed by atoms with van der Waals surface area (Å²) in [5, 5.41) is 3.16. The van der Waals surface area contributed by atoms with Crippen molar-refractivity contribution in [1.29, 1.82) is 0 Å². The molecule has 0 aliphatic carbocycles. The summed E-state index contributed by atoms with van der Waals surface area (Å²) in [7, 11) is 3.25. The van der Waals surface area contributed by atoms with E-state index in [1.807, 2.05) is 37.4 Å². The average Bonchev–Trinajstić information content (AvgIpc) is 2.48. The Morgan fingerprint density at radius 1 is 1.37 bits per heavy atom. The number of rotatable bonds is 8. The molecule has 3 nitrogen and oxygen atoms in total. The van der Waals surface area contributed by atoms with E-state index in [9.17, 15) is 4.79 Å². The lowest BCUT2D eigenvalue weighted by atomic mass is 9.92. The van der Waals surface area contributed by atoms with Gasteiger partial charge in [-0.1, -0.05) is 43.7 Å². The van der Waals surface area contributed by atoms with Crippen molar-refractivity contribution in [2.45, 2.75) is 25.3 Å². The highest BCUT2D eigenvalue weighted by Crippen LogP contribution is 2.27. The van der Waals surface area contributed by atoms with Gasteiger partial charge in [-0.05, 0) is 24.8 Å². The van der Waals surface area contributed by atoms with Gasteiger partial charge in [0.2, 0.25) is 0 Å². The van der Waals surface area contributed by atoms with Crippen LogP contribution in [0.2, 0.25) is 0 Å². The van der Waals surface area contributed by atoms with Crippen molar-refractivity contribution in [3.63, 3.8) is 0 Å². The second kappa shape index (κ2) is 8.23. The van der Waals surface area contributed by atoms with Crippen LogP contribution in [0, 0.1) is 0 Å². The Kier molecular flexibility index (Phi) is 6.95. The van der Waals surface area contributed by atoms with Crippen LogP contribution in [0.4, 0.5) is 0 Å². The number of likely N-dealkylation sites (N-methyl/N-ethyl adjacent to an activating group) is 1. The second-order valence-corrected chi connectivity index (χ2v) is 5.52. The van der Waals surface area contributed by atoms with Crippen LogP contribution in [0.25, 0.3) is 0 Å². The van der Waals surface area contributed by atoms with Crippen molar-refractivity contribution < 1.29 is 9.53 Å². The number of carbonyl (C=O) groups excluding carboxylic acids is 1. The molecule has 0 spiro atoms. The van der Waals surface area contributed by atoms with E-state index in [-0.39, 0.29) is 5.97 Å². The number of methoxy groups -OCH3 is 1. The lowest BCUT2D eigenvalue weighted by Crippen LogP contribution is -2.50. The molecule has 1 rings (SSSR count). The van der Waals surface area contributed by atoms with Gasteiger partial charge in [-0.15, -0.1) is 0 Å². The molecule has 0 radical (unpaired) electrons. The predicted molar refractivity (Wildman–Crippen MR) is 81.4 cm³/mol. The van der Waals surface area contributed by atoms with Crippen molar-refractivity contribution >= 4 is 17.7 Å². The molecular formula is C15H23NO2S. The van der Waals surface area contributed by atoms with Gasteiger partial charge in [0.05, 0.1) is 7.11 Å². The van der Waals surface area contributed by atoms with Crippen molar-refractivity contribution in [2.24, 2.45) is 0 Å². The fraction of sp³-hybridized carbons (Fsp3) is 0.533. The minimum Gasteiger partial charge on any atom is -0.467 e. The van der Waals surface area contributed by atoms with E-state index in [0.717, 1.165) is 11.3 Å². The molecule has 19 heavy (non-hydrogen) atoms. The monoisotopic (exact) mass is 281 g/mol. The summed E-state index contributed by atoms with van der Waals surface area (Å²) in [6, 6.07) is 9.77. The molecule has 1 atom stereocenters. The SMILES string of the molecule is CCCCSCC(NC)(C(=O)OC)c1ccccc1. The van der Waals surface area contributed by atoms with Crippen LogP contribution in [-0.2, 0) is 15.1 Å². The molecule has 0 saturated carbocycles. The third-order valence-electron chi connectivity index (χ3n) is 3.19. The van der Waals surface area contributed by atoms with E-state index in [0.29, 0.717) is 5.75 Å². The van der Waals surface area contributed by atoms with Gasteiger partial charge in [-0.2, -0.15) is 11.8 Å². The molecule has 0 saturated heterocycles. The molecule has 106 valence electrons. The minimum absolute atomic E-state index is 0.231. The molecule has 1 aromatic carbocycles. The smallest absolute Gasteiger partial charge is 0.331 e. The van der Waals surface area contributed by atoms with Crippen LogP contribution >= 0.6 is 11.8 Å². The van der Waals surface area contributed by atoms with Crippen molar-refractivity contribution in [3.8, 4) is 0 Å². The fourth-order valence-electron chi connectivity index (χ4n) is 1.95. The summed E-state index contributed by atoms with van der Waals surface area (Å²) in [4.78, 5) is 12.2. The van der Waals surface area contributed by atoms with Gasteiger partial charge in [0.1, 0.15) is 0 Å². The maximum Gasteiger partial charge on any atom is 0.331 e. The lowest BCUT2D eigenvalue weighted by Gasteiger charge is -2.30. The standard InChI is InChI=1S/C15H23NO2S/c1-4-5-11-19-12-15(16-2,14(17)18-3)13-9-7-6-8-10-13/h6-10,16H,4-5,11-12H2,1-3H3. The first-order valence-electron chi connectivity index (χ1n) is 6.62. The van der Waals surface area contributed by atoms with Crippen molar-refractivity contribution in [1.82, 2.24) is 5.32 Å². The maximum atomic E-state index is 12.2. The van der Waals surface area contributed by atoms with Gasteiger partial charge in [-0.3, -0.25) is 0 Å². The van der Waals surface area contributed by atoms with Gasteiger partial charge in [-0.25, -0.2) is 4.79 Å². The third-order valence-corrected chi connectivity index (χ3v) is 4.40. The van der Waals surface area contributed by atoms with E-state index in [4.69, 9.17) is 4.74 Å². The molecule has 1 unspecified atom stereocenters. The first-order valence-corrected chi connectivity index (χ1v) is 7.77. The van der Waals surface area contributed by atoms with Crippen LogP contribution in [0.5, 0.6) is 0 Å². The van der Waals surface area contributed by atoms with Crippen molar-refractivity contribution in [2.75, 3.05) is 25.7 Å². The zero-order chi connectivity index (χ0) is 14.1. The molecule has 0 fully saturated rings.